The van der Waals surface area contributed by atoms with Crippen LogP contribution in [-0.2, 0) is 14.3 Å². The van der Waals surface area contributed by atoms with Crippen molar-refractivity contribution in [2.45, 2.75) is 26.4 Å². The lowest BCUT2D eigenvalue weighted by Gasteiger charge is -2.15. The zero-order chi connectivity index (χ0) is 21.6. The van der Waals surface area contributed by atoms with Gasteiger partial charge in [-0.05, 0) is 43.3 Å². The van der Waals surface area contributed by atoms with Gasteiger partial charge in [0.25, 0.3) is 11.1 Å². The summed E-state index contributed by atoms with van der Waals surface area (Å²) in [6, 6.07) is 3.40. The van der Waals surface area contributed by atoms with Gasteiger partial charge in [-0.3, -0.25) is 19.3 Å². The molecule has 1 fully saturated rings. The highest BCUT2D eigenvalue weighted by atomic mass is 79.9. The Morgan fingerprint density at radius 1 is 1.41 bits per heavy atom. The SMILES string of the molecule is C#CCOc1c(/C=C2/SC(=O)N(CC(=O)O[C@H](C)CC)C2=O)cc(Br)cc1OC. The molecular formula is C20H20BrNO6S. The van der Waals surface area contributed by atoms with Crippen LogP contribution in [0.4, 0.5) is 4.79 Å². The minimum Gasteiger partial charge on any atom is -0.493 e. The van der Waals surface area contributed by atoms with Crippen LogP contribution in [0.25, 0.3) is 6.08 Å². The number of hydrogen-bond acceptors (Lipinski definition) is 7. The Kier molecular flexibility index (Phi) is 8.17. The first-order chi connectivity index (χ1) is 13.8. The number of rotatable bonds is 8. The first-order valence-electron chi connectivity index (χ1n) is 8.69. The number of terminal acetylenes is 1. The van der Waals surface area contributed by atoms with Crippen LogP contribution in [0.15, 0.2) is 21.5 Å². The van der Waals surface area contributed by atoms with Gasteiger partial charge in [-0.15, -0.1) is 6.42 Å². The summed E-state index contributed by atoms with van der Waals surface area (Å²) in [5.74, 6) is 1.92. The highest BCUT2D eigenvalue weighted by Gasteiger charge is 2.37. The molecule has 0 spiro atoms. The molecule has 0 aromatic heterocycles. The number of amides is 2. The highest BCUT2D eigenvalue weighted by molar-refractivity contribution is 9.10. The van der Waals surface area contributed by atoms with E-state index in [0.717, 1.165) is 16.7 Å². The molecule has 7 nitrogen and oxygen atoms in total. The molecule has 9 heteroatoms. The number of thioether (sulfide) groups is 1. The summed E-state index contributed by atoms with van der Waals surface area (Å²) in [6.45, 7) is 3.17. The van der Waals surface area contributed by atoms with Crippen molar-refractivity contribution in [3.63, 3.8) is 0 Å². The number of carbonyl (C=O) groups excluding carboxylic acids is 3. The second kappa shape index (κ2) is 10.4. The van der Waals surface area contributed by atoms with E-state index in [9.17, 15) is 14.4 Å². The van der Waals surface area contributed by atoms with Gasteiger partial charge in [-0.25, -0.2) is 0 Å². The lowest BCUT2D eigenvalue weighted by molar-refractivity contribution is -0.150. The van der Waals surface area contributed by atoms with Crippen molar-refractivity contribution in [3.8, 4) is 23.8 Å². The first-order valence-corrected chi connectivity index (χ1v) is 10.3. The van der Waals surface area contributed by atoms with Gasteiger partial charge >= 0.3 is 5.97 Å². The zero-order valence-electron chi connectivity index (χ0n) is 16.2. The molecule has 0 N–H and O–H groups in total. The number of hydrogen-bond donors (Lipinski definition) is 0. The third kappa shape index (κ3) is 5.78. The predicted octanol–water partition coefficient (Wildman–Crippen LogP) is 3.85. The van der Waals surface area contributed by atoms with Crippen molar-refractivity contribution < 1.29 is 28.6 Å². The van der Waals surface area contributed by atoms with Gasteiger partial charge in [-0.2, -0.15) is 0 Å². The molecule has 1 aromatic rings. The number of methoxy groups -OCH3 is 1. The van der Waals surface area contributed by atoms with Crippen molar-refractivity contribution in [1.82, 2.24) is 4.90 Å². The average Bonchev–Trinajstić information content (AvgIpc) is 2.93. The minimum absolute atomic E-state index is 0.00175. The number of ether oxygens (including phenoxy) is 3. The van der Waals surface area contributed by atoms with Crippen LogP contribution in [0, 0.1) is 12.3 Å². The first kappa shape index (κ1) is 22.8. The molecule has 0 radical (unpaired) electrons. The monoisotopic (exact) mass is 481 g/mol. The fraction of sp³-hybridized carbons (Fsp3) is 0.350. The van der Waals surface area contributed by atoms with Crippen molar-refractivity contribution in [3.05, 3.63) is 27.1 Å². The molecule has 0 saturated carbocycles. The van der Waals surface area contributed by atoms with Crippen LogP contribution in [-0.4, -0.2) is 48.4 Å². The van der Waals surface area contributed by atoms with E-state index < -0.39 is 23.7 Å². The van der Waals surface area contributed by atoms with Gasteiger partial charge in [0.2, 0.25) is 0 Å². The van der Waals surface area contributed by atoms with E-state index in [2.05, 4.69) is 21.9 Å². The lowest BCUT2D eigenvalue weighted by Crippen LogP contribution is -2.35. The van der Waals surface area contributed by atoms with Crippen LogP contribution in [0.3, 0.4) is 0 Å². The molecule has 29 heavy (non-hydrogen) atoms. The maximum Gasteiger partial charge on any atom is 0.326 e. The third-order valence-corrected chi connectivity index (χ3v) is 5.29. The zero-order valence-corrected chi connectivity index (χ0v) is 18.6. The third-order valence-electron chi connectivity index (χ3n) is 3.92. The van der Waals surface area contributed by atoms with Crippen LogP contribution in [0.2, 0.25) is 0 Å². The molecule has 2 rings (SSSR count). The number of carbonyl (C=O) groups is 3. The Hall–Kier alpha value is -2.44. The van der Waals surface area contributed by atoms with Crippen LogP contribution >= 0.6 is 27.7 Å². The molecule has 1 heterocycles. The van der Waals surface area contributed by atoms with E-state index in [-0.39, 0.29) is 17.6 Å². The maximum absolute atomic E-state index is 12.7. The van der Waals surface area contributed by atoms with E-state index in [4.69, 9.17) is 20.6 Å². The number of nitrogens with zero attached hydrogens (tertiary/aromatic N) is 1. The smallest absolute Gasteiger partial charge is 0.326 e. The lowest BCUT2D eigenvalue weighted by atomic mass is 10.1. The fourth-order valence-corrected chi connectivity index (χ4v) is 3.65. The topological polar surface area (TPSA) is 82.1 Å². The standard InChI is InChI=1S/C20H20BrNO6S/c1-5-7-27-18-13(8-14(21)10-15(18)26-4)9-16-19(24)22(20(25)29-16)11-17(23)28-12(3)6-2/h1,8-10,12H,6-7,11H2,2-4H3/b16-9+/t12-/m1/s1. The summed E-state index contributed by atoms with van der Waals surface area (Å²) in [6.07, 6.45) is 7.12. The molecule has 1 aliphatic rings. The Balaban J connectivity index is 2.30. The summed E-state index contributed by atoms with van der Waals surface area (Å²) in [5, 5.41) is -0.546. The normalized spacial score (nSPS) is 16.0. The van der Waals surface area contributed by atoms with Crippen molar-refractivity contribution in [1.29, 1.82) is 0 Å². The molecule has 0 bridgehead atoms. The predicted molar refractivity (Wildman–Crippen MR) is 114 cm³/mol. The van der Waals surface area contributed by atoms with Gasteiger partial charge in [0, 0.05) is 10.0 Å². The molecule has 1 aliphatic heterocycles. The molecule has 154 valence electrons. The van der Waals surface area contributed by atoms with Crippen LogP contribution < -0.4 is 9.47 Å². The van der Waals surface area contributed by atoms with Gasteiger partial charge in [0.1, 0.15) is 13.2 Å². The second-order valence-corrected chi connectivity index (χ2v) is 7.90. The molecule has 1 atom stereocenters. The van der Waals surface area contributed by atoms with Crippen molar-refractivity contribution in [2.24, 2.45) is 0 Å². The molecular weight excluding hydrogens is 462 g/mol. The van der Waals surface area contributed by atoms with Crippen LogP contribution in [0.1, 0.15) is 25.8 Å². The van der Waals surface area contributed by atoms with Crippen LogP contribution in [0.5, 0.6) is 11.5 Å². The molecule has 2 amide bonds. The van der Waals surface area contributed by atoms with Gasteiger partial charge in [0.05, 0.1) is 18.1 Å². The molecule has 1 aromatic carbocycles. The molecule has 1 saturated heterocycles. The van der Waals surface area contributed by atoms with Gasteiger partial charge in [0.15, 0.2) is 11.5 Å². The van der Waals surface area contributed by atoms with Crippen molar-refractivity contribution in [2.75, 3.05) is 20.3 Å². The highest BCUT2D eigenvalue weighted by Crippen LogP contribution is 2.39. The van der Waals surface area contributed by atoms with E-state index in [0.29, 0.717) is 28.0 Å². The fourth-order valence-electron chi connectivity index (χ4n) is 2.37. The summed E-state index contributed by atoms with van der Waals surface area (Å²) in [4.78, 5) is 37.9. The minimum atomic E-state index is -0.634. The Morgan fingerprint density at radius 3 is 2.76 bits per heavy atom. The Bertz CT molecular complexity index is 892. The number of esters is 1. The average molecular weight is 482 g/mol. The quantitative estimate of drug-likeness (QED) is 0.316. The molecule has 0 unspecified atom stereocenters. The summed E-state index contributed by atoms with van der Waals surface area (Å²) in [7, 11) is 1.48. The Morgan fingerprint density at radius 2 is 2.14 bits per heavy atom. The second-order valence-electron chi connectivity index (χ2n) is 6.00. The largest absolute Gasteiger partial charge is 0.493 e. The van der Waals surface area contributed by atoms with Gasteiger partial charge < -0.3 is 14.2 Å². The number of imide groups is 1. The van der Waals surface area contributed by atoms with E-state index in [1.54, 1.807) is 19.1 Å². The van der Waals surface area contributed by atoms with E-state index in [1.165, 1.54) is 13.2 Å². The summed E-state index contributed by atoms with van der Waals surface area (Å²) >= 11 is 4.11. The summed E-state index contributed by atoms with van der Waals surface area (Å²) < 4.78 is 16.7. The number of benzene rings is 1. The number of halogens is 1. The maximum atomic E-state index is 12.7. The van der Waals surface area contributed by atoms with Gasteiger partial charge in [-0.1, -0.05) is 28.8 Å². The molecule has 0 aliphatic carbocycles. The Labute approximate surface area is 181 Å². The summed E-state index contributed by atoms with van der Waals surface area (Å²) in [5.41, 5.74) is 0.499. The van der Waals surface area contributed by atoms with E-state index >= 15 is 0 Å². The van der Waals surface area contributed by atoms with E-state index in [1.807, 2.05) is 6.92 Å². The van der Waals surface area contributed by atoms with Crippen molar-refractivity contribution >= 4 is 50.9 Å².